The van der Waals surface area contributed by atoms with E-state index in [0.717, 1.165) is 33.7 Å². The lowest BCUT2D eigenvalue weighted by Crippen LogP contribution is -2.04. The van der Waals surface area contributed by atoms with E-state index in [1.54, 1.807) is 18.3 Å². The summed E-state index contributed by atoms with van der Waals surface area (Å²) in [6.07, 6.45) is 4.30. The Morgan fingerprint density at radius 1 is 1.04 bits per heavy atom. The monoisotopic (exact) mass is 362 g/mol. The summed E-state index contributed by atoms with van der Waals surface area (Å²) in [6.45, 7) is 0.780. The van der Waals surface area contributed by atoms with E-state index in [1.165, 1.54) is 12.1 Å². The maximum Gasteiger partial charge on any atom is 0.126 e. The predicted octanol–water partition coefficient (Wildman–Crippen LogP) is 4.00. The first kappa shape index (κ1) is 17.2. The van der Waals surface area contributed by atoms with Gasteiger partial charge in [-0.3, -0.25) is 0 Å². The third-order valence-corrected chi connectivity index (χ3v) is 4.35. The number of fused-ring (bicyclic) bond motifs is 1. The van der Waals surface area contributed by atoms with Gasteiger partial charge >= 0.3 is 0 Å². The largest absolute Gasteiger partial charge is 0.396 e. The molecule has 4 rings (SSSR count). The van der Waals surface area contributed by atoms with E-state index in [0.29, 0.717) is 13.0 Å². The number of hydrogen-bond donors (Lipinski definition) is 2. The van der Waals surface area contributed by atoms with Crippen LogP contribution in [-0.4, -0.2) is 32.9 Å². The SMILES string of the molecule is OCCCNc1cc(-c2c(-c3ccc(F)cc3)nn3ccccc23)ccn1. The summed E-state index contributed by atoms with van der Waals surface area (Å²) in [4.78, 5) is 4.35. The standard InChI is InChI=1S/C21H19FN4O/c22-17-7-5-15(6-8-17)21-20(18-4-1-2-12-26(18)25-21)16-9-11-24-19(14-16)23-10-3-13-27/h1-2,4-9,11-12,14,27H,3,10,13H2,(H,23,24). The molecule has 5 nitrogen and oxygen atoms in total. The Bertz CT molecular complexity index is 1060. The normalized spacial score (nSPS) is 11.0. The fraction of sp³-hybridized carbons (Fsp3) is 0.143. The summed E-state index contributed by atoms with van der Waals surface area (Å²) in [7, 11) is 0. The summed E-state index contributed by atoms with van der Waals surface area (Å²) in [6, 6.07) is 16.2. The zero-order chi connectivity index (χ0) is 18.6. The van der Waals surface area contributed by atoms with Crippen molar-refractivity contribution in [2.24, 2.45) is 0 Å². The summed E-state index contributed by atoms with van der Waals surface area (Å²) < 4.78 is 15.2. The number of pyridine rings is 2. The summed E-state index contributed by atoms with van der Waals surface area (Å²) in [5.41, 5.74) is 4.53. The minimum atomic E-state index is -0.275. The van der Waals surface area contributed by atoms with Gasteiger partial charge in [0, 0.05) is 36.7 Å². The number of aliphatic hydroxyl groups is 1. The van der Waals surface area contributed by atoms with Crippen molar-refractivity contribution in [2.75, 3.05) is 18.5 Å². The van der Waals surface area contributed by atoms with Crippen LogP contribution >= 0.6 is 0 Å². The Morgan fingerprint density at radius 3 is 2.70 bits per heavy atom. The fourth-order valence-corrected chi connectivity index (χ4v) is 3.07. The third kappa shape index (κ3) is 3.52. The van der Waals surface area contributed by atoms with Gasteiger partial charge in [-0.05, 0) is 60.5 Å². The lowest BCUT2D eigenvalue weighted by molar-refractivity contribution is 0.292. The highest BCUT2D eigenvalue weighted by molar-refractivity contribution is 5.92. The van der Waals surface area contributed by atoms with Crippen LogP contribution in [0.15, 0.2) is 67.0 Å². The molecule has 3 aromatic heterocycles. The van der Waals surface area contributed by atoms with Gasteiger partial charge in [-0.15, -0.1) is 0 Å². The maximum absolute atomic E-state index is 13.4. The highest BCUT2D eigenvalue weighted by Gasteiger charge is 2.16. The molecule has 6 heteroatoms. The van der Waals surface area contributed by atoms with E-state index >= 15 is 0 Å². The van der Waals surface area contributed by atoms with Crippen molar-refractivity contribution in [3.63, 3.8) is 0 Å². The first-order chi connectivity index (χ1) is 13.3. The number of hydrogen-bond acceptors (Lipinski definition) is 4. The third-order valence-electron chi connectivity index (χ3n) is 4.35. The van der Waals surface area contributed by atoms with E-state index < -0.39 is 0 Å². The second-order valence-electron chi connectivity index (χ2n) is 6.19. The van der Waals surface area contributed by atoms with Crippen molar-refractivity contribution in [3.8, 4) is 22.4 Å². The molecule has 0 saturated heterocycles. The molecule has 0 bridgehead atoms. The maximum atomic E-state index is 13.4. The molecule has 2 N–H and O–H groups in total. The second-order valence-corrected chi connectivity index (χ2v) is 6.19. The number of anilines is 1. The zero-order valence-electron chi connectivity index (χ0n) is 14.6. The quantitative estimate of drug-likeness (QED) is 0.509. The molecule has 0 radical (unpaired) electrons. The van der Waals surface area contributed by atoms with Gasteiger partial charge in [0.2, 0.25) is 0 Å². The Morgan fingerprint density at radius 2 is 1.89 bits per heavy atom. The molecule has 0 aliphatic carbocycles. The molecule has 0 amide bonds. The number of nitrogens with zero attached hydrogens (tertiary/aromatic N) is 3. The molecular weight excluding hydrogens is 343 g/mol. The molecule has 0 fully saturated rings. The number of nitrogens with one attached hydrogen (secondary N) is 1. The van der Waals surface area contributed by atoms with Gasteiger partial charge in [0.1, 0.15) is 17.3 Å². The summed E-state index contributed by atoms with van der Waals surface area (Å²) in [5, 5.41) is 16.9. The average molecular weight is 362 g/mol. The molecule has 0 spiro atoms. The van der Waals surface area contributed by atoms with Crippen LogP contribution in [0.25, 0.3) is 27.9 Å². The molecule has 4 aromatic rings. The molecule has 0 unspecified atom stereocenters. The number of aromatic nitrogens is 3. The van der Waals surface area contributed by atoms with Crippen molar-refractivity contribution in [1.29, 1.82) is 0 Å². The minimum absolute atomic E-state index is 0.134. The van der Waals surface area contributed by atoms with Crippen LogP contribution in [0.3, 0.4) is 0 Å². The Hall–Kier alpha value is -3.25. The van der Waals surface area contributed by atoms with Crippen LogP contribution in [0, 0.1) is 5.82 Å². The van der Waals surface area contributed by atoms with Crippen molar-refractivity contribution in [2.45, 2.75) is 6.42 Å². The van der Waals surface area contributed by atoms with E-state index in [1.807, 2.05) is 41.0 Å². The van der Waals surface area contributed by atoms with Crippen LogP contribution in [-0.2, 0) is 0 Å². The van der Waals surface area contributed by atoms with Gasteiger partial charge in [0.25, 0.3) is 0 Å². The van der Waals surface area contributed by atoms with Crippen molar-refractivity contribution < 1.29 is 9.50 Å². The minimum Gasteiger partial charge on any atom is -0.396 e. The number of benzene rings is 1. The molecule has 1 aromatic carbocycles. The molecule has 3 heterocycles. The average Bonchev–Trinajstić information content (AvgIpc) is 3.08. The van der Waals surface area contributed by atoms with Crippen LogP contribution in [0.2, 0.25) is 0 Å². The molecule has 0 aliphatic heterocycles. The van der Waals surface area contributed by atoms with Crippen molar-refractivity contribution in [3.05, 3.63) is 72.8 Å². The topological polar surface area (TPSA) is 62.5 Å². The molecular formula is C21H19FN4O. The van der Waals surface area contributed by atoms with Gasteiger partial charge in [-0.1, -0.05) is 6.07 Å². The van der Waals surface area contributed by atoms with Gasteiger partial charge < -0.3 is 10.4 Å². The van der Waals surface area contributed by atoms with Gasteiger partial charge in [0.05, 0.1) is 5.52 Å². The van der Waals surface area contributed by atoms with E-state index in [-0.39, 0.29) is 12.4 Å². The Labute approximate surface area is 156 Å². The van der Waals surface area contributed by atoms with E-state index in [4.69, 9.17) is 10.2 Å². The molecule has 0 atom stereocenters. The first-order valence-corrected chi connectivity index (χ1v) is 8.81. The van der Waals surface area contributed by atoms with E-state index in [9.17, 15) is 4.39 Å². The Kier molecular flexibility index (Phi) is 4.80. The van der Waals surface area contributed by atoms with Gasteiger partial charge in [-0.25, -0.2) is 13.9 Å². The highest BCUT2D eigenvalue weighted by Crippen LogP contribution is 2.35. The van der Waals surface area contributed by atoms with Crippen molar-refractivity contribution >= 4 is 11.3 Å². The van der Waals surface area contributed by atoms with Crippen molar-refractivity contribution in [1.82, 2.24) is 14.6 Å². The van der Waals surface area contributed by atoms with Crippen LogP contribution in [0.5, 0.6) is 0 Å². The first-order valence-electron chi connectivity index (χ1n) is 8.81. The summed E-state index contributed by atoms with van der Waals surface area (Å²) >= 11 is 0. The van der Waals surface area contributed by atoms with Crippen LogP contribution < -0.4 is 5.32 Å². The van der Waals surface area contributed by atoms with Crippen LogP contribution in [0.4, 0.5) is 10.2 Å². The molecule has 136 valence electrons. The molecule has 27 heavy (non-hydrogen) atoms. The van der Waals surface area contributed by atoms with E-state index in [2.05, 4.69) is 10.3 Å². The lowest BCUT2D eigenvalue weighted by Gasteiger charge is -2.08. The lowest BCUT2D eigenvalue weighted by atomic mass is 10.0. The van der Waals surface area contributed by atoms with Crippen LogP contribution in [0.1, 0.15) is 6.42 Å². The second kappa shape index (κ2) is 7.55. The Balaban J connectivity index is 1.84. The highest BCUT2D eigenvalue weighted by atomic mass is 19.1. The fourth-order valence-electron chi connectivity index (χ4n) is 3.07. The zero-order valence-corrected chi connectivity index (χ0v) is 14.6. The number of rotatable bonds is 6. The predicted molar refractivity (Wildman–Crippen MR) is 104 cm³/mol. The number of aliphatic hydroxyl groups excluding tert-OH is 1. The molecule has 0 saturated carbocycles. The molecule has 0 aliphatic rings. The smallest absolute Gasteiger partial charge is 0.126 e. The summed E-state index contributed by atoms with van der Waals surface area (Å²) in [5.74, 6) is 0.463. The van der Waals surface area contributed by atoms with Gasteiger partial charge in [-0.2, -0.15) is 5.10 Å². The van der Waals surface area contributed by atoms with Gasteiger partial charge in [0.15, 0.2) is 0 Å². The number of halogens is 1.